The number of carbonyl (C=O) groups excluding carboxylic acids is 1. The molecule has 0 radical (unpaired) electrons. The molecule has 0 saturated heterocycles. The minimum Gasteiger partial charge on any atom is -0.496 e. The number of hydrogen-bond donors (Lipinski definition) is 1. The summed E-state index contributed by atoms with van der Waals surface area (Å²) >= 11 is 3.34. The summed E-state index contributed by atoms with van der Waals surface area (Å²) < 4.78 is 10.9. The van der Waals surface area contributed by atoms with E-state index in [9.17, 15) is 4.79 Å². The number of rotatable bonds is 4. The molecule has 0 bridgehead atoms. The number of anilines is 1. The molecule has 6 nitrogen and oxygen atoms in total. The Kier molecular flexibility index (Phi) is 4.61. The van der Waals surface area contributed by atoms with E-state index in [1.165, 1.54) is 0 Å². The molecule has 0 spiro atoms. The molecular formula is C17H14BrN3O3. The molecule has 0 aliphatic heterocycles. The number of nitrogens with one attached hydrogen (secondary N) is 1. The first-order valence-corrected chi connectivity index (χ1v) is 7.92. The van der Waals surface area contributed by atoms with Gasteiger partial charge in [-0.1, -0.05) is 15.9 Å². The number of methoxy groups -OCH3 is 1. The van der Waals surface area contributed by atoms with Gasteiger partial charge in [0.25, 0.3) is 5.91 Å². The zero-order valence-electron chi connectivity index (χ0n) is 13.0. The minimum absolute atomic E-state index is 0.271. The van der Waals surface area contributed by atoms with Gasteiger partial charge in [0.05, 0.1) is 7.11 Å². The minimum atomic E-state index is -0.287. The number of benzene rings is 2. The lowest BCUT2D eigenvalue weighted by molar-refractivity contribution is 0.102. The van der Waals surface area contributed by atoms with Gasteiger partial charge in [0, 0.05) is 15.6 Å². The molecule has 0 atom stereocenters. The molecule has 24 heavy (non-hydrogen) atoms. The van der Waals surface area contributed by atoms with Crippen molar-refractivity contribution in [3.05, 3.63) is 58.1 Å². The number of hydrogen-bond acceptors (Lipinski definition) is 5. The van der Waals surface area contributed by atoms with Crippen molar-refractivity contribution in [2.24, 2.45) is 0 Å². The van der Waals surface area contributed by atoms with Crippen molar-refractivity contribution in [3.8, 4) is 17.0 Å². The number of ether oxygens (including phenoxy) is 1. The molecule has 2 aromatic carbocycles. The average molecular weight is 388 g/mol. The number of halogens is 1. The predicted molar refractivity (Wildman–Crippen MR) is 93.1 cm³/mol. The fraction of sp³-hybridized carbons (Fsp3) is 0.118. The molecule has 1 N–H and O–H groups in total. The molecule has 3 rings (SSSR count). The fourth-order valence-electron chi connectivity index (χ4n) is 2.27. The second kappa shape index (κ2) is 6.84. The summed E-state index contributed by atoms with van der Waals surface area (Å²) in [5.74, 6) is 0.757. The van der Waals surface area contributed by atoms with Crippen molar-refractivity contribution < 1.29 is 14.2 Å². The third-order valence-corrected chi connectivity index (χ3v) is 4.02. The first-order valence-electron chi connectivity index (χ1n) is 7.13. The van der Waals surface area contributed by atoms with Gasteiger partial charge in [-0.05, 0) is 65.3 Å². The summed E-state index contributed by atoms with van der Waals surface area (Å²) in [6, 6.07) is 12.6. The molecular weight excluding hydrogens is 374 g/mol. The summed E-state index contributed by atoms with van der Waals surface area (Å²) in [5.41, 5.74) is 2.70. The third kappa shape index (κ3) is 3.30. The van der Waals surface area contributed by atoms with E-state index in [2.05, 4.69) is 31.6 Å². The van der Waals surface area contributed by atoms with Crippen LogP contribution in [0.15, 0.2) is 51.6 Å². The second-order valence-electron chi connectivity index (χ2n) is 5.11. The van der Waals surface area contributed by atoms with Crippen LogP contribution in [0.3, 0.4) is 0 Å². The van der Waals surface area contributed by atoms with E-state index >= 15 is 0 Å². The Balaban J connectivity index is 1.86. The topological polar surface area (TPSA) is 77.2 Å². The fourth-order valence-corrected chi connectivity index (χ4v) is 2.53. The number of aromatic nitrogens is 2. The number of aryl methyl sites for hydroxylation is 1. The van der Waals surface area contributed by atoms with Crippen LogP contribution in [0.25, 0.3) is 11.3 Å². The van der Waals surface area contributed by atoms with Crippen molar-refractivity contribution >= 4 is 27.7 Å². The highest BCUT2D eigenvalue weighted by molar-refractivity contribution is 9.10. The summed E-state index contributed by atoms with van der Waals surface area (Å²) in [5, 5.41) is 10.4. The van der Waals surface area contributed by atoms with Crippen LogP contribution in [-0.4, -0.2) is 23.3 Å². The summed E-state index contributed by atoms with van der Waals surface area (Å²) in [7, 11) is 1.61. The summed E-state index contributed by atoms with van der Waals surface area (Å²) in [6.45, 7) is 1.93. The van der Waals surface area contributed by atoms with E-state index in [0.29, 0.717) is 11.3 Å². The highest BCUT2D eigenvalue weighted by Crippen LogP contribution is 2.29. The van der Waals surface area contributed by atoms with Crippen molar-refractivity contribution in [1.82, 2.24) is 10.3 Å². The van der Waals surface area contributed by atoms with Crippen LogP contribution in [0.4, 0.5) is 5.82 Å². The molecule has 0 aliphatic rings. The van der Waals surface area contributed by atoms with Gasteiger partial charge in [-0.2, -0.15) is 0 Å². The molecule has 3 aromatic rings. The first kappa shape index (κ1) is 16.2. The van der Waals surface area contributed by atoms with Gasteiger partial charge >= 0.3 is 0 Å². The standard InChI is InChI=1S/C17H14BrN3O3/c1-10-9-12(5-8-14(10)23-2)15-16(21-24-20-15)19-17(22)11-3-6-13(18)7-4-11/h3-9H,1-2H3,(H,19,21,22). The van der Waals surface area contributed by atoms with Crippen LogP contribution >= 0.6 is 15.9 Å². The lowest BCUT2D eigenvalue weighted by atomic mass is 10.1. The highest BCUT2D eigenvalue weighted by atomic mass is 79.9. The SMILES string of the molecule is COc1ccc(-c2nonc2NC(=O)c2ccc(Br)cc2)cc1C. The van der Waals surface area contributed by atoms with Crippen LogP contribution < -0.4 is 10.1 Å². The van der Waals surface area contributed by atoms with Gasteiger partial charge in [-0.25, -0.2) is 4.63 Å². The van der Waals surface area contributed by atoms with Crippen LogP contribution in [0.5, 0.6) is 5.75 Å². The Morgan fingerprint density at radius 2 is 1.92 bits per heavy atom. The molecule has 7 heteroatoms. The lowest BCUT2D eigenvalue weighted by Crippen LogP contribution is -2.12. The Morgan fingerprint density at radius 3 is 2.58 bits per heavy atom. The molecule has 0 aliphatic carbocycles. The first-order chi connectivity index (χ1) is 11.6. The zero-order valence-corrected chi connectivity index (χ0v) is 14.6. The van der Waals surface area contributed by atoms with E-state index in [-0.39, 0.29) is 11.7 Å². The van der Waals surface area contributed by atoms with Crippen LogP contribution in [0, 0.1) is 6.92 Å². The maximum atomic E-state index is 12.3. The second-order valence-corrected chi connectivity index (χ2v) is 6.02. The monoisotopic (exact) mass is 387 g/mol. The van der Waals surface area contributed by atoms with E-state index < -0.39 is 0 Å². The largest absolute Gasteiger partial charge is 0.496 e. The van der Waals surface area contributed by atoms with Crippen molar-refractivity contribution in [2.75, 3.05) is 12.4 Å². The average Bonchev–Trinajstić information content (AvgIpc) is 3.03. The van der Waals surface area contributed by atoms with Gasteiger partial charge in [-0.3, -0.25) is 4.79 Å². The number of carbonyl (C=O) groups is 1. The van der Waals surface area contributed by atoms with Crippen LogP contribution in [0.2, 0.25) is 0 Å². The molecule has 0 fully saturated rings. The number of amides is 1. The third-order valence-electron chi connectivity index (χ3n) is 3.50. The van der Waals surface area contributed by atoms with Crippen molar-refractivity contribution in [2.45, 2.75) is 6.92 Å². The van der Waals surface area contributed by atoms with Gasteiger partial charge < -0.3 is 10.1 Å². The smallest absolute Gasteiger partial charge is 0.256 e. The van der Waals surface area contributed by atoms with E-state index in [0.717, 1.165) is 21.3 Å². The van der Waals surface area contributed by atoms with Crippen LogP contribution in [0.1, 0.15) is 15.9 Å². The van der Waals surface area contributed by atoms with Gasteiger partial charge in [0.2, 0.25) is 5.82 Å². The summed E-state index contributed by atoms with van der Waals surface area (Å²) in [6.07, 6.45) is 0. The molecule has 1 amide bonds. The Labute approximate surface area is 146 Å². The molecule has 0 unspecified atom stereocenters. The number of nitrogens with zero attached hydrogens (tertiary/aromatic N) is 2. The van der Waals surface area contributed by atoms with E-state index in [1.807, 2.05) is 25.1 Å². The van der Waals surface area contributed by atoms with Crippen LogP contribution in [-0.2, 0) is 0 Å². The normalized spacial score (nSPS) is 10.5. The highest BCUT2D eigenvalue weighted by Gasteiger charge is 2.17. The summed E-state index contributed by atoms with van der Waals surface area (Å²) in [4.78, 5) is 12.3. The molecule has 1 heterocycles. The van der Waals surface area contributed by atoms with Crippen molar-refractivity contribution in [3.63, 3.8) is 0 Å². The molecule has 1 aromatic heterocycles. The van der Waals surface area contributed by atoms with E-state index in [4.69, 9.17) is 9.37 Å². The lowest BCUT2D eigenvalue weighted by Gasteiger charge is -2.07. The zero-order chi connectivity index (χ0) is 17.1. The van der Waals surface area contributed by atoms with Crippen molar-refractivity contribution in [1.29, 1.82) is 0 Å². The molecule has 122 valence electrons. The maximum absolute atomic E-state index is 12.3. The predicted octanol–water partition coefficient (Wildman–Crippen LogP) is 4.07. The Bertz CT molecular complexity index is 875. The Morgan fingerprint density at radius 1 is 1.17 bits per heavy atom. The molecule has 0 saturated carbocycles. The Hall–Kier alpha value is -2.67. The van der Waals surface area contributed by atoms with E-state index in [1.54, 1.807) is 31.4 Å². The van der Waals surface area contributed by atoms with Gasteiger partial charge in [0.1, 0.15) is 5.75 Å². The maximum Gasteiger partial charge on any atom is 0.256 e. The quantitative estimate of drug-likeness (QED) is 0.729. The van der Waals surface area contributed by atoms with Gasteiger partial charge in [0.15, 0.2) is 5.69 Å². The van der Waals surface area contributed by atoms with Gasteiger partial charge in [-0.15, -0.1) is 0 Å².